The summed E-state index contributed by atoms with van der Waals surface area (Å²) >= 11 is 0. The summed E-state index contributed by atoms with van der Waals surface area (Å²) in [5.41, 5.74) is 0. The van der Waals surface area contributed by atoms with E-state index in [2.05, 4.69) is 34.6 Å². The van der Waals surface area contributed by atoms with Crippen LogP contribution in [0.15, 0.2) is 0 Å². The Bertz CT molecular complexity index is 593. The van der Waals surface area contributed by atoms with Gasteiger partial charge in [0, 0.05) is 0 Å². The Morgan fingerprint density at radius 3 is 1.02 bits per heavy atom. The first-order chi connectivity index (χ1) is 20.4. The van der Waals surface area contributed by atoms with Crippen molar-refractivity contribution in [3.8, 4) is 0 Å². The van der Waals surface area contributed by atoms with Crippen molar-refractivity contribution in [3.05, 3.63) is 0 Å². The third kappa shape index (κ3) is 31.2. The lowest BCUT2D eigenvalue weighted by molar-refractivity contribution is -0.921. The summed E-state index contributed by atoms with van der Waals surface area (Å²) in [6.07, 6.45) is 30.2. The van der Waals surface area contributed by atoms with Gasteiger partial charge >= 0.3 is 0 Å². The maximum atomic E-state index is 12.0. The predicted molar refractivity (Wildman–Crippen MR) is 185 cm³/mol. The Kier molecular flexibility index (Phi) is 35.2. The number of nitrogens with zero attached hydrogens (tertiary/aromatic N) is 1. The van der Waals surface area contributed by atoms with Gasteiger partial charge in [-0.25, -0.2) is 0 Å². The molecule has 0 heterocycles. The van der Waals surface area contributed by atoms with E-state index in [1.165, 1.54) is 153 Å². The van der Waals surface area contributed by atoms with E-state index in [1.54, 1.807) is 0 Å². The fraction of sp³-hybridized carbons (Fsp3) is 1.00. The standard InChI is InChI=1S/C28H57FO3S.C8H20N/c1-2-3-4-5-6-7-8-9-10-11-12-13-14-15-16-17-18-19-20-21-22-24-27-32-33(30,31)28-25-23-26-29;1-5-9(6-2,7-3)8-4/h2-28H2,1H3;5-8H2,1-4H3/q;+1. The number of hydrogen-bond donors (Lipinski definition) is 0. The maximum absolute atomic E-state index is 12.0. The zero-order valence-electron chi connectivity index (χ0n) is 29.4. The van der Waals surface area contributed by atoms with Crippen LogP contribution in [0.3, 0.4) is 0 Å². The number of quaternary nitrogens is 1. The van der Waals surface area contributed by atoms with Crippen LogP contribution in [0.25, 0.3) is 0 Å². The van der Waals surface area contributed by atoms with E-state index in [4.69, 9.17) is 4.18 Å². The monoisotopic (exact) mass is 623 g/mol. The normalized spacial score (nSPS) is 12.0. The fourth-order valence-electron chi connectivity index (χ4n) is 5.67. The molecule has 0 radical (unpaired) electrons. The first-order valence-electron chi connectivity index (χ1n) is 18.6. The minimum atomic E-state index is -3.45. The Hall–Kier alpha value is -0.200. The van der Waals surface area contributed by atoms with Crippen LogP contribution in [-0.2, 0) is 14.3 Å². The summed E-state index contributed by atoms with van der Waals surface area (Å²) in [6.45, 7) is 16.3. The minimum absolute atomic E-state index is 0.0593. The molecule has 0 unspecified atom stereocenters. The summed E-state index contributed by atoms with van der Waals surface area (Å²) in [7, 11) is -3.45. The number of hydrogen-bond acceptors (Lipinski definition) is 3. The number of halogens is 1. The molecule has 0 amide bonds. The molecule has 6 heteroatoms. The van der Waals surface area contributed by atoms with E-state index in [9.17, 15) is 12.8 Å². The molecule has 0 N–H and O–H groups in total. The lowest BCUT2D eigenvalue weighted by Gasteiger charge is -2.34. The van der Waals surface area contributed by atoms with Gasteiger partial charge < -0.3 is 4.48 Å². The molecule has 0 atom stereocenters. The summed E-state index contributed by atoms with van der Waals surface area (Å²) < 4.78 is 41.4. The van der Waals surface area contributed by atoms with Gasteiger partial charge in [0.2, 0.25) is 0 Å². The van der Waals surface area contributed by atoms with Gasteiger partial charge in [0.05, 0.1) is 45.2 Å². The summed E-state index contributed by atoms with van der Waals surface area (Å²) in [5.74, 6) is -0.0593. The number of rotatable bonds is 32. The molecule has 4 nitrogen and oxygen atoms in total. The van der Waals surface area contributed by atoms with Gasteiger partial charge in [0.25, 0.3) is 10.1 Å². The van der Waals surface area contributed by atoms with Gasteiger partial charge in [-0.3, -0.25) is 8.57 Å². The lowest BCUT2D eigenvalue weighted by atomic mass is 10.0. The second-order valence-corrected chi connectivity index (χ2v) is 14.3. The number of alkyl halides is 1. The van der Waals surface area contributed by atoms with Crippen molar-refractivity contribution in [2.24, 2.45) is 0 Å². The van der Waals surface area contributed by atoms with Gasteiger partial charge in [-0.1, -0.05) is 142 Å². The molecule has 0 fully saturated rings. The van der Waals surface area contributed by atoms with E-state index in [1.807, 2.05) is 0 Å². The van der Waals surface area contributed by atoms with Crippen molar-refractivity contribution in [3.63, 3.8) is 0 Å². The SMILES string of the molecule is CCCCCCCCCCCCCCCCCCCCCCCCOS(=O)(=O)CCCCF.CC[N+](CC)(CC)CC. The highest BCUT2D eigenvalue weighted by Gasteiger charge is 2.16. The average molecular weight is 623 g/mol. The van der Waals surface area contributed by atoms with Crippen LogP contribution >= 0.6 is 0 Å². The summed E-state index contributed by atoms with van der Waals surface area (Å²) in [4.78, 5) is 0. The summed E-state index contributed by atoms with van der Waals surface area (Å²) in [6, 6.07) is 0. The zero-order chi connectivity index (χ0) is 31.6. The molecule has 0 aliphatic rings. The third-order valence-corrected chi connectivity index (χ3v) is 10.5. The number of unbranched alkanes of at least 4 members (excludes halogenated alkanes) is 22. The van der Waals surface area contributed by atoms with Crippen LogP contribution in [0.5, 0.6) is 0 Å². The van der Waals surface area contributed by atoms with Crippen molar-refractivity contribution < 1.29 is 21.5 Å². The molecule has 0 rings (SSSR count). The van der Waals surface area contributed by atoms with Gasteiger partial charge in [-0.05, 0) is 47.0 Å². The van der Waals surface area contributed by atoms with Crippen molar-refractivity contribution >= 4 is 10.1 Å². The molecule has 0 aromatic heterocycles. The van der Waals surface area contributed by atoms with Crippen LogP contribution in [0.1, 0.15) is 189 Å². The molecule has 0 saturated carbocycles. The largest absolute Gasteiger partial charge is 0.325 e. The molecule has 256 valence electrons. The molecular weight excluding hydrogens is 545 g/mol. The van der Waals surface area contributed by atoms with Crippen LogP contribution in [0, 0.1) is 0 Å². The molecule has 42 heavy (non-hydrogen) atoms. The van der Waals surface area contributed by atoms with Crippen molar-refractivity contribution in [2.45, 2.75) is 189 Å². The molecule has 0 aliphatic carbocycles. The molecule has 0 aromatic rings. The highest BCUT2D eigenvalue weighted by molar-refractivity contribution is 7.86. The highest BCUT2D eigenvalue weighted by atomic mass is 32.2. The van der Waals surface area contributed by atoms with Crippen LogP contribution in [0.4, 0.5) is 4.39 Å². The minimum Gasteiger partial charge on any atom is -0.325 e. The van der Waals surface area contributed by atoms with E-state index >= 15 is 0 Å². The van der Waals surface area contributed by atoms with Crippen molar-refractivity contribution in [1.82, 2.24) is 0 Å². The van der Waals surface area contributed by atoms with Crippen molar-refractivity contribution in [2.75, 3.05) is 45.2 Å². The van der Waals surface area contributed by atoms with Gasteiger partial charge in [0.15, 0.2) is 0 Å². The Labute approximate surface area is 265 Å². The molecule has 0 spiro atoms. The van der Waals surface area contributed by atoms with Gasteiger partial charge in [-0.2, -0.15) is 8.42 Å². The Morgan fingerprint density at radius 1 is 0.452 bits per heavy atom. The van der Waals surface area contributed by atoms with Crippen LogP contribution < -0.4 is 0 Å². The van der Waals surface area contributed by atoms with E-state index in [0.29, 0.717) is 12.8 Å². The Balaban J connectivity index is 0. The first kappa shape index (κ1) is 43.9. The second-order valence-electron chi connectivity index (χ2n) is 12.5. The molecule has 0 aliphatic heterocycles. The van der Waals surface area contributed by atoms with Crippen LogP contribution in [0.2, 0.25) is 0 Å². The average Bonchev–Trinajstić information content (AvgIpc) is 2.99. The molecule has 0 aromatic carbocycles. The Morgan fingerprint density at radius 2 is 0.762 bits per heavy atom. The van der Waals surface area contributed by atoms with E-state index in [-0.39, 0.29) is 12.4 Å². The molecular formula is C36H77FNO3S+. The third-order valence-electron chi connectivity index (χ3n) is 9.22. The summed E-state index contributed by atoms with van der Waals surface area (Å²) in [5, 5.41) is 0. The lowest BCUT2D eigenvalue weighted by Crippen LogP contribution is -2.47. The topological polar surface area (TPSA) is 43.4 Å². The van der Waals surface area contributed by atoms with E-state index in [0.717, 1.165) is 19.3 Å². The van der Waals surface area contributed by atoms with Crippen molar-refractivity contribution in [1.29, 1.82) is 0 Å². The predicted octanol–water partition coefficient (Wildman–Crippen LogP) is 11.6. The quantitative estimate of drug-likeness (QED) is 0.0426. The highest BCUT2D eigenvalue weighted by Crippen LogP contribution is 2.15. The van der Waals surface area contributed by atoms with Crippen LogP contribution in [-0.4, -0.2) is 58.1 Å². The first-order valence-corrected chi connectivity index (χ1v) is 20.2. The van der Waals surface area contributed by atoms with Gasteiger partial charge in [0.1, 0.15) is 0 Å². The second kappa shape index (κ2) is 33.7. The van der Waals surface area contributed by atoms with Gasteiger partial charge in [-0.15, -0.1) is 0 Å². The fourth-order valence-corrected chi connectivity index (χ4v) is 6.72. The smallest absolute Gasteiger partial charge is 0.267 e. The molecule has 0 saturated heterocycles. The zero-order valence-corrected chi connectivity index (χ0v) is 30.2. The molecule has 0 bridgehead atoms. The van der Waals surface area contributed by atoms with E-state index < -0.39 is 16.8 Å². The maximum Gasteiger partial charge on any atom is 0.267 e.